The molecule has 2 saturated carbocycles. The van der Waals surface area contributed by atoms with Crippen LogP contribution in [0.3, 0.4) is 0 Å². The summed E-state index contributed by atoms with van der Waals surface area (Å²) in [6, 6.07) is 0. The summed E-state index contributed by atoms with van der Waals surface area (Å²) in [6.45, 7) is 3.97. The van der Waals surface area contributed by atoms with Gasteiger partial charge in [-0.3, -0.25) is 4.79 Å². The van der Waals surface area contributed by atoms with E-state index in [0.29, 0.717) is 13.0 Å². The molecule has 2 aliphatic carbocycles. The summed E-state index contributed by atoms with van der Waals surface area (Å²) in [5.41, 5.74) is -1.38. The van der Waals surface area contributed by atoms with Crippen LogP contribution < -0.4 is 0 Å². The van der Waals surface area contributed by atoms with Crippen LogP contribution in [0.25, 0.3) is 0 Å². The second kappa shape index (κ2) is 2.38. The van der Waals surface area contributed by atoms with Gasteiger partial charge in [-0.25, -0.2) is 4.39 Å². The number of nitrogens with zero attached hydrogens (tertiary/aromatic N) is 1. The van der Waals surface area contributed by atoms with E-state index in [1.807, 2.05) is 11.8 Å². The summed E-state index contributed by atoms with van der Waals surface area (Å²) in [4.78, 5) is 14.1. The molecular formula is C12H18FNO. The van der Waals surface area contributed by atoms with Gasteiger partial charge in [0.25, 0.3) is 0 Å². The third-order valence-electron chi connectivity index (χ3n) is 4.35. The van der Waals surface area contributed by atoms with E-state index in [0.717, 1.165) is 25.7 Å². The minimum atomic E-state index is -1.16. The van der Waals surface area contributed by atoms with Gasteiger partial charge in [-0.2, -0.15) is 0 Å². The van der Waals surface area contributed by atoms with Crippen molar-refractivity contribution < 1.29 is 9.18 Å². The Bertz CT molecular complexity index is 329. The van der Waals surface area contributed by atoms with Crippen molar-refractivity contribution in [3.63, 3.8) is 0 Å². The highest BCUT2D eigenvalue weighted by Gasteiger charge is 2.63. The first-order valence-corrected chi connectivity index (χ1v) is 5.88. The van der Waals surface area contributed by atoms with Crippen molar-refractivity contribution in [2.75, 3.05) is 6.54 Å². The molecule has 1 aliphatic heterocycles. The van der Waals surface area contributed by atoms with Crippen molar-refractivity contribution in [1.82, 2.24) is 4.90 Å². The molecule has 0 aromatic heterocycles. The van der Waals surface area contributed by atoms with Crippen molar-refractivity contribution in [1.29, 1.82) is 0 Å². The predicted molar refractivity (Wildman–Crippen MR) is 55.1 cm³/mol. The molecule has 1 spiro atoms. The molecule has 1 atom stereocenters. The summed E-state index contributed by atoms with van der Waals surface area (Å²) >= 11 is 0. The second-order valence-corrected chi connectivity index (χ2v) is 6.27. The SMILES string of the molecule is CC1(F)CN(C(=O)C2(C)CC2)C2(CC2)C1. The lowest BCUT2D eigenvalue weighted by molar-refractivity contribution is -0.138. The van der Waals surface area contributed by atoms with Gasteiger partial charge >= 0.3 is 0 Å². The first kappa shape index (κ1) is 9.61. The molecule has 3 heteroatoms. The molecule has 3 aliphatic rings. The second-order valence-electron chi connectivity index (χ2n) is 6.27. The molecule has 15 heavy (non-hydrogen) atoms. The van der Waals surface area contributed by atoms with Crippen LogP contribution in [0, 0.1) is 5.41 Å². The van der Waals surface area contributed by atoms with Crippen LogP contribution in [0.4, 0.5) is 4.39 Å². The van der Waals surface area contributed by atoms with Crippen LogP contribution >= 0.6 is 0 Å². The van der Waals surface area contributed by atoms with E-state index in [1.54, 1.807) is 6.92 Å². The average molecular weight is 211 g/mol. The summed E-state index contributed by atoms with van der Waals surface area (Å²) < 4.78 is 14.0. The van der Waals surface area contributed by atoms with E-state index >= 15 is 0 Å². The van der Waals surface area contributed by atoms with Crippen molar-refractivity contribution in [3.05, 3.63) is 0 Å². The Balaban J connectivity index is 1.84. The molecule has 0 aromatic carbocycles. The van der Waals surface area contributed by atoms with Crippen LogP contribution in [0.1, 0.15) is 46.0 Å². The van der Waals surface area contributed by atoms with Gasteiger partial charge in [-0.05, 0) is 32.6 Å². The number of hydrogen-bond donors (Lipinski definition) is 0. The van der Waals surface area contributed by atoms with E-state index in [9.17, 15) is 9.18 Å². The van der Waals surface area contributed by atoms with Crippen LogP contribution in [-0.4, -0.2) is 28.6 Å². The monoisotopic (exact) mass is 211 g/mol. The molecule has 0 N–H and O–H groups in total. The Hall–Kier alpha value is -0.600. The maximum Gasteiger partial charge on any atom is 0.229 e. The molecule has 1 unspecified atom stereocenters. The number of carbonyl (C=O) groups is 1. The Kier molecular flexibility index (Phi) is 1.53. The van der Waals surface area contributed by atoms with E-state index in [1.165, 1.54) is 0 Å². The standard InChI is InChI=1S/C12H18FNO/c1-10(3-4-10)9(15)14-8-11(2,13)7-12(14)5-6-12/h3-8H2,1-2H3. The number of likely N-dealkylation sites (tertiary alicyclic amines) is 1. The Morgan fingerprint density at radius 3 is 2.27 bits per heavy atom. The zero-order chi connectivity index (χ0) is 10.9. The zero-order valence-electron chi connectivity index (χ0n) is 9.48. The molecule has 2 nitrogen and oxygen atoms in total. The highest BCUT2D eigenvalue weighted by atomic mass is 19.1. The smallest absolute Gasteiger partial charge is 0.229 e. The number of halogens is 1. The van der Waals surface area contributed by atoms with Gasteiger partial charge in [0.15, 0.2) is 0 Å². The molecule has 0 aromatic rings. The Labute approximate surface area is 89.8 Å². The molecule has 84 valence electrons. The maximum atomic E-state index is 14.0. The molecule has 0 bridgehead atoms. The quantitative estimate of drug-likeness (QED) is 0.651. The van der Waals surface area contributed by atoms with E-state index < -0.39 is 5.67 Å². The molecule has 0 radical (unpaired) electrons. The van der Waals surface area contributed by atoms with E-state index in [4.69, 9.17) is 0 Å². The van der Waals surface area contributed by atoms with Crippen molar-refractivity contribution >= 4 is 5.91 Å². The van der Waals surface area contributed by atoms with Gasteiger partial charge < -0.3 is 4.90 Å². The lowest BCUT2D eigenvalue weighted by Crippen LogP contribution is -2.41. The number of alkyl halides is 1. The van der Waals surface area contributed by atoms with E-state index in [2.05, 4.69) is 0 Å². The summed E-state index contributed by atoms with van der Waals surface area (Å²) in [5, 5.41) is 0. The van der Waals surface area contributed by atoms with Crippen molar-refractivity contribution in [3.8, 4) is 0 Å². The number of amides is 1. The summed E-state index contributed by atoms with van der Waals surface area (Å²) in [7, 11) is 0. The van der Waals surface area contributed by atoms with Gasteiger partial charge in [-0.15, -0.1) is 0 Å². The topological polar surface area (TPSA) is 20.3 Å². The number of hydrogen-bond acceptors (Lipinski definition) is 1. The molecule has 1 amide bonds. The molecule has 1 saturated heterocycles. The minimum absolute atomic E-state index is 0.0772. The number of rotatable bonds is 1. The van der Waals surface area contributed by atoms with Crippen LogP contribution in [0.5, 0.6) is 0 Å². The van der Waals surface area contributed by atoms with Gasteiger partial charge in [0, 0.05) is 17.4 Å². The fourth-order valence-corrected chi connectivity index (χ4v) is 2.94. The maximum absolute atomic E-state index is 14.0. The fraction of sp³-hybridized carbons (Fsp3) is 0.917. The molecule has 3 rings (SSSR count). The van der Waals surface area contributed by atoms with Crippen molar-refractivity contribution in [2.24, 2.45) is 5.41 Å². The first-order chi connectivity index (χ1) is 6.87. The summed E-state index contributed by atoms with van der Waals surface area (Å²) in [5.74, 6) is 0.210. The van der Waals surface area contributed by atoms with Gasteiger partial charge in [0.1, 0.15) is 5.67 Å². The van der Waals surface area contributed by atoms with Gasteiger partial charge in [0.05, 0.1) is 6.54 Å². The molecule has 1 heterocycles. The third kappa shape index (κ3) is 1.31. The Morgan fingerprint density at radius 1 is 1.20 bits per heavy atom. The van der Waals surface area contributed by atoms with Gasteiger partial charge in [-0.1, -0.05) is 6.92 Å². The fourth-order valence-electron chi connectivity index (χ4n) is 2.94. The van der Waals surface area contributed by atoms with Crippen LogP contribution in [0.15, 0.2) is 0 Å². The lowest BCUT2D eigenvalue weighted by Gasteiger charge is -2.27. The predicted octanol–water partition coefficient (Wildman–Crippen LogP) is 2.28. The van der Waals surface area contributed by atoms with Gasteiger partial charge in [0.2, 0.25) is 5.91 Å². The normalized spacial score (nSPS) is 39.5. The Morgan fingerprint density at radius 2 is 1.80 bits per heavy atom. The van der Waals surface area contributed by atoms with Crippen LogP contribution in [-0.2, 0) is 4.79 Å². The third-order valence-corrected chi connectivity index (χ3v) is 4.35. The molecular weight excluding hydrogens is 193 g/mol. The number of carbonyl (C=O) groups excluding carboxylic acids is 1. The molecule has 3 fully saturated rings. The van der Waals surface area contributed by atoms with Crippen molar-refractivity contribution in [2.45, 2.75) is 57.2 Å². The van der Waals surface area contributed by atoms with Crippen LogP contribution in [0.2, 0.25) is 0 Å². The average Bonchev–Trinajstić information content (AvgIpc) is 2.98. The lowest BCUT2D eigenvalue weighted by atomic mass is 10.0. The summed E-state index contributed by atoms with van der Waals surface area (Å²) in [6.07, 6.45) is 4.55. The largest absolute Gasteiger partial charge is 0.333 e. The minimum Gasteiger partial charge on any atom is -0.333 e. The first-order valence-electron chi connectivity index (χ1n) is 5.88. The zero-order valence-corrected chi connectivity index (χ0v) is 9.48. The highest BCUT2D eigenvalue weighted by molar-refractivity contribution is 5.86. The highest BCUT2D eigenvalue weighted by Crippen LogP contribution is 2.57. The van der Waals surface area contributed by atoms with E-state index in [-0.39, 0.29) is 16.9 Å².